The zero-order valence-electron chi connectivity index (χ0n) is 12.0. The Hall–Kier alpha value is -0.770. The largest absolute Gasteiger partial charge is 0.390 e. The second-order valence-corrected chi connectivity index (χ2v) is 6.85. The van der Waals surface area contributed by atoms with Crippen molar-refractivity contribution in [3.8, 4) is 0 Å². The van der Waals surface area contributed by atoms with E-state index in [1.54, 1.807) is 0 Å². The smallest absolute Gasteiger partial charge is 0.0653 e. The van der Waals surface area contributed by atoms with Crippen LogP contribution in [0.3, 0.4) is 0 Å². The molecule has 2 aliphatic rings. The van der Waals surface area contributed by atoms with E-state index < -0.39 is 5.60 Å². The van der Waals surface area contributed by atoms with Gasteiger partial charge in [-0.25, -0.2) is 0 Å². The summed E-state index contributed by atoms with van der Waals surface area (Å²) in [6.07, 6.45) is 4.24. The van der Waals surface area contributed by atoms with Gasteiger partial charge in [0.05, 0.1) is 5.60 Å². The summed E-state index contributed by atoms with van der Waals surface area (Å²) in [5.74, 6) is 0. The molecule has 1 heterocycles. The summed E-state index contributed by atoms with van der Waals surface area (Å²) in [5, 5.41) is 14.4. The molecule has 0 bridgehead atoms. The van der Waals surface area contributed by atoms with Gasteiger partial charge >= 0.3 is 0 Å². The van der Waals surface area contributed by atoms with E-state index in [0.717, 1.165) is 37.5 Å². The fraction of sp³-hybridized carbons (Fsp3) is 0.625. The first-order chi connectivity index (χ1) is 9.53. The lowest BCUT2D eigenvalue weighted by Crippen LogP contribution is -2.42. The van der Waals surface area contributed by atoms with Gasteiger partial charge in [0.1, 0.15) is 0 Å². The number of piperidine rings is 1. The van der Waals surface area contributed by atoms with Crippen molar-refractivity contribution in [3.05, 3.63) is 28.8 Å². The van der Waals surface area contributed by atoms with Gasteiger partial charge < -0.3 is 15.3 Å². The van der Waals surface area contributed by atoms with Gasteiger partial charge in [-0.15, -0.1) is 0 Å². The highest BCUT2D eigenvalue weighted by Crippen LogP contribution is 2.30. The molecule has 1 aromatic carbocycles. The molecule has 1 aromatic rings. The topological polar surface area (TPSA) is 35.5 Å². The molecular weight excluding hydrogens is 272 g/mol. The minimum Gasteiger partial charge on any atom is -0.390 e. The summed E-state index contributed by atoms with van der Waals surface area (Å²) < 4.78 is 0. The molecule has 110 valence electrons. The second-order valence-electron chi connectivity index (χ2n) is 6.41. The maximum Gasteiger partial charge on any atom is 0.0653 e. The van der Waals surface area contributed by atoms with E-state index in [-0.39, 0.29) is 0 Å². The van der Waals surface area contributed by atoms with Crippen molar-refractivity contribution in [1.29, 1.82) is 0 Å². The van der Waals surface area contributed by atoms with Gasteiger partial charge in [0, 0.05) is 36.4 Å². The molecule has 0 spiro atoms. The van der Waals surface area contributed by atoms with Crippen molar-refractivity contribution in [1.82, 2.24) is 5.32 Å². The summed E-state index contributed by atoms with van der Waals surface area (Å²) in [5.41, 5.74) is 2.03. The maximum absolute atomic E-state index is 10.1. The van der Waals surface area contributed by atoms with E-state index in [1.165, 1.54) is 24.1 Å². The molecule has 3 rings (SSSR count). The summed E-state index contributed by atoms with van der Waals surface area (Å²) in [7, 11) is 0. The maximum atomic E-state index is 10.1. The van der Waals surface area contributed by atoms with E-state index in [9.17, 15) is 5.11 Å². The van der Waals surface area contributed by atoms with Crippen molar-refractivity contribution < 1.29 is 5.11 Å². The molecule has 0 unspecified atom stereocenters. The number of benzene rings is 1. The van der Waals surface area contributed by atoms with Crippen LogP contribution < -0.4 is 10.2 Å². The Morgan fingerprint density at radius 1 is 1.35 bits per heavy atom. The SMILES string of the molecule is CC1(O)CCN(c2ccc(Cl)cc2CNC2CC2)CC1. The van der Waals surface area contributed by atoms with Crippen LogP contribution in [-0.2, 0) is 6.54 Å². The van der Waals surface area contributed by atoms with Crippen LogP contribution in [0.5, 0.6) is 0 Å². The van der Waals surface area contributed by atoms with Gasteiger partial charge in [0.15, 0.2) is 0 Å². The number of halogens is 1. The van der Waals surface area contributed by atoms with Gasteiger partial charge in [-0.3, -0.25) is 0 Å². The first-order valence-corrected chi connectivity index (χ1v) is 7.90. The van der Waals surface area contributed by atoms with Crippen LogP contribution in [0.4, 0.5) is 5.69 Å². The Labute approximate surface area is 125 Å². The Morgan fingerprint density at radius 3 is 2.70 bits per heavy atom. The molecule has 2 fully saturated rings. The number of nitrogens with zero attached hydrogens (tertiary/aromatic N) is 1. The van der Waals surface area contributed by atoms with Crippen LogP contribution in [0.25, 0.3) is 0 Å². The molecule has 1 aliphatic heterocycles. The highest BCUT2D eigenvalue weighted by Gasteiger charge is 2.28. The highest BCUT2D eigenvalue weighted by molar-refractivity contribution is 6.30. The molecule has 0 radical (unpaired) electrons. The molecule has 1 saturated carbocycles. The molecule has 0 aromatic heterocycles. The van der Waals surface area contributed by atoms with Crippen LogP contribution in [0.2, 0.25) is 5.02 Å². The molecule has 1 saturated heterocycles. The normalized spacial score (nSPS) is 22.1. The lowest BCUT2D eigenvalue weighted by Gasteiger charge is -2.38. The van der Waals surface area contributed by atoms with Gasteiger partial charge in [0.2, 0.25) is 0 Å². The Bertz CT molecular complexity index is 475. The second kappa shape index (κ2) is 5.55. The third-order valence-electron chi connectivity index (χ3n) is 4.38. The van der Waals surface area contributed by atoms with Crippen molar-refractivity contribution in [2.45, 2.75) is 50.8 Å². The highest BCUT2D eigenvalue weighted by atomic mass is 35.5. The zero-order valence-corrected chi connectivity index (χ0v) is 12.8. The van der Waals surface area contributed by atoms with E-state index in [2.05, 4.69) is 22.3 Å². The Balaban J connectivity index is 1.73. The van der Waals surface area contributed by atoms with E-state index >= 15 is 0 Å². The van der Waals surface area contributed by atoms with E-state index in [1.807, 2.05) is 13.0 Å². The molecule has 0 amide bonds. The third-order valence-corrected chi connectivity index (χ3v) is 4.62. The first-order valence-electron chi connectivity index (χ1n) is 7.53. The number of hydrogen-bond acceptors (Lipinski definition) is 3. The minimum atomic E-state index is -0.505. The molecule has 2 N–H and O–H groups in total. The van der Waals surface area contributed by atoms with Crippen molar-refractivity contribution in [3.63, 3.8) is 0 Å². The molecule has 3 nitrogen and oxygen atoms in total. The van der Waals surface area contributed by atoms with Gasteiger partial charge in [-0.2, -0.15) is 0 Å². The lowest BCUT2D eigenvalue weighted by atomic mass is 9.93. The predicted molar refractivity (Wildman–Crippen MR) is 83.4 cm³/mol. The summed E-state index contributed by atoms with van der Waals surface area (Å²) in [6.45, 7) is 4.63. The third kappa shape index (κ3) is 3.46. The number of nitrogens with one attached hydrogen (secondary N) is 1. The standard InChI is InChI=1S/C16H23ClN2O/c1-16(20)6-8-19(9-7-16)15-5-2-13(17)10-12(15)11-18-14-3-4-14/h2,5,10,14,18,20H,3-4,6-9,11H2,1H3. The van der Waals surface area contributed by atoms with Gasteiger partial charge in [0.25, 0.3) is 0 Å². The number of rotatable bonds is 4. The van der Waals surface area contributed by atoms with Crippen LogP contribution in [0.1, 0.15) is 38.2 Å². The fourth-order valence-corrected chi connectivity index (χ4v) is 2.97. The van der Waals surface area contributed by atoms with Crippen LogP contribution in [0, 0.1) is 0 Å². The lowest BCUT2D eigenvalue weighted by molar-refractivity contribution is 0.0351. The Kier molecular flexibility index (Phi) is 3.93. The van der Waals surface area contributed by atoms with Crippen LogP contribution >= 0.6 is 11.6 Å². The number of anilines is 1. The Morgan fingerprint density at radius 2 is 2.05 bits per heavy atom. The molecule has 4 heteroatoms. The number of hydrogen-bond donors (Lipinski definition) is 2. The first kappa shape index (κ1) is 14.2. The quantitative estimate of drug-likeness (QED) is 0.896. The minimum absolute atomic E-state index is 0.505. The molecule has 20 heavy (non-hydrogen) atoms. The van der Waals surface area contributed by atoms with Gasteiger partial charge in [-0.05, 0) is 56.4 Å². The molecule has 1 aliphatic carbocycles. The number of aliphatic hydroxyl groups is 1. The monoisotopic (exact) mass is 294 g/mol. The summed E-state index contributed by atoms with van der Waals surface area (Å²) in [4.78, 5) is 2.37. The van der Waals surface area contributed by atoms with E-state index in [0.29, 0.717) is 6.04 Å². The summed E-state index contributed by atoms with van der Waals surface area (Å²) in [6, 6.07) is 6.85. The summed E-state index contributed by atoms with van der Waals surface area (Å²) >= 11 is 6.15. The van der Waals surface area contributed by atoms with Crippen molar-refractivity contribution >= 4 is 17.3 Å². The van der Waals surface area contributed by atoms with Crippen molar-refractivity contribution in [2.75, 3.05) is 18.0 Å². The fourth-order valence-electron chi connectivity index (χ4n) is 2.78. The van der Waals surface area contributed by atoms with E-state index in [4.69, 9.17) is 11.6 Å². The van der Waals surface area contributed by atoms with Crippen molar-refractivity contribution in [2.24, 2.45) is 0 Å². The molecule has 0 atom stereocenters. The van der Waals surface area contributed by atoms with Crippen LogP contribution in [-0.4, -0.2) is 29.8 Å². The average Bonchev–Trinajstić information content (AvgIpc) is 3.21. The van der Waals surface area contributed by atoms with Crippen LogP contribution in [0.15, 0.2) is 18.2 Å². The average molecular weight is 295 g/mol. The predicted octanol–water partition coefficient (Wildman–Crippen LogP) is 2.94. The zero-order chi connectivity index (χ0) is 14.2. The molecular formula is C16H23ClN2O. The van der Waals surface area contributed by atoms with Gasteiger partial charge in [-0.1, -0.05) is 11.6 Å².